The molecule has 2 aromatic carbocycles. The fraction of sp³-hybridized carbons (Fsp3) is 0.286. The van der Waals surface area contributed by atoms with Gasteiger partial charge in [-0.15, -0.1) is 0 Å². The average molecular weight is 400 g/mol. The first-order valence-electron chi connectivity index (χ1n) is 8.35. The summed E-state index contributed by atoms with van der Waals surface area (Å²) in [6.45, 7) is 6.16. The van der Waals surface area contributed by atoms with E-state index in [2.05, 4.69) is 34.1 Å². The van der Waals surface area contributed by atoms with Gasteiger partial charge in [-0.05, 0) is 55.7 Å². The lowest BCUT2D eigenvalue weighted by molar-refractivity contribution is 0.0299. The summed E-state index contributed by atoms with van der Waals surface area (Å²) >= 11 is 3.45. The van der Waals surface area contributed by atoms with E-state index in [1.807, 2.05) is 57.2 Å². The molecule has 2 aromatic rings. The van der Waals surface area contributed by atoms with Gasteiger partial charge in [-0.1, -0.05) is 52.3 Å². The molecule has 0 saturated heterocycles. The highest BCUT2D eigenvalue weighted by atomic mass is 79.9. The number of rotatable bonds is 3. The Morgan fingerprint density at radius 3 is 2.44 bits per heavy atom. The fourth-order valence-electron chi connectivity index (χ4n) is 2.81. The molecule has 0 aromatic heterocycles. The van der Waals surface area contributed by atoms with Crippen LogP contribution in [0, 0.1) is 0 Å². The maximum atomic E-state index is 12.8. The first kappa shape index (κ1) is 17.7. The lowest BCUT2D eigenvalue weighted by Crippen LogP contribution is -2.36. The largest absolute Gasteiger partial charge is 0.443 e. The molecule has 0 heterocycles. The summed E-state index contributed by atoms with van der Waals surface area (Å²) in [4.78, 5) is 14.6. The summed E-state index contributed by atoms with van der Waals surface area (Å²) in [5, 5.41) is 0. The topological polar surface area (TPSA) is 29.5 Å². The van der Waals surface area contributed by atoms with Crippen LogP contribution in [-0.2, 0) is 17.7 Å². The Labute approximate surface area is 157 Å². The summed E-state index contributed by atoms with van der Waals surface area (Å²) in [6.07, 6.45) is 2.51. The summed E-state index contributed by atoms with van der Waals surface area (Å²) in [7, 11) is 0. The summed E-state index contributed by atoms with van der Waals surface area (Å²) in [5.41, 5.74) is 3.91. The molecule has 0 N–H and O–H groups in total. The van der Waals surface area contributed by atoms with Crippen molar-refractivity contribution in [3.05, 3.63) is 75.4 Å². The van der Waals surface area contributed by atoms with Crippen molar-refractivity contribution < 1.29 is 9.53 Å². The van der Waals surface area contributed by atoms with E-state index < -0.39 is 5.60 Å². The van der Waals surface area contributed by atoms with E-state index in [-0.39, 0.29) is 6.09 Å². The SMILES string of the molecule is CC(C)(C)OC(=O)N(Cc1ccc(Br)cc1)C1=Cc2ccccc2C1. The van der Waals surface area contributed by atoms with Crippen molar-refractivity contribution in [2.75, 3.05) is 0 Å². The van der Waals surface area contributed by atoms with Crippen LogP contribution in [0.1, 0.15) is 37.5 Å². The van der Waals surface area contributed by atoms with Gasteiger partial charge in [-0.25, -0.2) is 4.79 Å². The van der Waals surface area contributed by atoms with Gasteiger partial charge in [-0.2, -0.15) is 0 Å². The van der Waals surface area contributed by atoms with Gasteiger partial charge in [0, 0.05) is 16.6 Å². The van der Waals surface area contributed by atoms with Gasteiger partial charge in [-0.3, -0.25) is 4.90 Å². The first-order chi connectivity index (χ1) is 11.8. The summed E-state index contributed by atoms with van der Waals surface area (Å²) < 4.78 is 6.66. The second-order valence-electron chi connectivity index (χ2n) is 7.20. The zero-order chi connectivity index (χ0) is 18.0. The van der Waals surface area contributed by atoms with Gasteiger partial charge in [0.05, 0.1) is 6.54 Å². The van der Waals surface area contributed by atoms with Crippen LogP contribution in [0.15, 0.2) is 58.7 Å². The van der Waals surface area contributed by atoms with Crippen molar-refractivity contribution in [3.8, 4) is 0 Å². The minimum Gasteiger partial charge on any atom is -0.443 e. The molecule has 0 radical (unpaired) electrons. The molecule has 1 aliphatic carbocycles. The van der Waals surface area contributed by atoms with Crippen LogP contribution in [0.4, 0.5) is 4.79 Å². The molecule has 0 aliphatic heterocycles. The van der Waals surface area contributed by atoms with Gasteiger partial charge in [0.1, 0.15) is 5.60 Å². The number of halogens is 1. The second-order valence-corrected chi connectivity index (χ2v) is 8.12. The third-order valence-electron chi connectivity index (χ3n) is 3.96. The van der Waals surface area contributed by atoms with E-state index in [0.29, 0.717) is 6.54 Å². The predicted molar refractivity (Wildman–Crippen MR) is 104 cm³/mol. The molecule has 3 rings (SSSR count). The number of hydrogen-bond donors (Lipinski definition) is 0. The van der Waals surface area contributed by atoms with E-state index in [4.69, 9.17) is 4.74 Å². The number of amides is 1. The lowest BCUT2D eigenvalue weighted by atomic mass is 10.1. The van der Waals surface area contributed by atoms with Crippen molar-refractivity contribution in [1.29, 1.82) is 0 Å². The van der Waals surface area contributed by atoms with E-state index in [1.54, 1.807) is 4.90 Å². The molecule has 3 nitrogen and oxygen atoms in total. The van der Waals surface area contributed by atoms with Gasteiger partial charge in [0.2, 0.25) is 0 Å². The van der Waals surface area contributed by atoms with Gasteiger partial charge in [0.25, 0.3) is 0 Å². The number of nitrogens with zero attached hydrogens (tertiary/aromatic N) is 1. The maximum absolute atomic E-state index is 12.8. The molecule has 0 unspecified atom stereocenters. The van der Waals surface area contributed by atoms with Gasteiger partial charge >= 0.3 is 6.09 Å². The minimum absolute atomic E-state index is 0.311. The molecular formula is C21H22BrNO2. The quantitative estimate of drug-likeness (QED) is 0.653. The Hall–Kier alpha value is -2.07. The van der Waals surface area contributed by atoms with E-state index in [9.17, 15) is 4.79 Å². The monoisotopic (exact) mass is 399 g/mol. The average Bonchev–Trinajstić information content (AvgIpc) is 2.96. The van der Waals surface area contributed by atoms with E-state index in [0.717, 1.165) is 22.2 Å². The van der Waals surface area contributed by atoms with Crippen molar-refractivity contribution >= 4 is 28.1 Å². The molecule has 1 amide bonds. The number of hydrogen-bond acceptors (Lipinski definition) is 2. The summed E-state index contributed by atoms with van der Waals surface area (Å²) in [6, 6.07) is 16.2. The third-order valence-corrected chi connectivity index (χ3v) is 4.49. The Morgan fingerprint density at radius 1 is 1.12 bits per heavy atom. The first-order valence-corrected chi connectivity index (χ1v) is 9.14. The Balaban J connectivity index is 1.87. The van der Waals surface area contributed by atoms with Crippen LogP contribution in [0.5, 0.6) is 0 Å². The zero-order valence-corrected chi connectivity index (χ0v) is 16.3. The smallest absolute Gasteiger partial charge is 0.414 e. The van der Waals surface area contributed by atoms with Crippen molar-refractivity contribution in [1.82, 2.24) is 4.90 Å². The standard InChI is InChI=1S/C21H22BrNO2/c1-21(2,3)25-20(24)23(14-15-8-10-18(22)11-9-15)19-12-16-6-4-5-7-17(16)13-19/h4-12H,13-14H2,1-3H3. The van der Waals surface area contributed by atoms with Gasteiger partial charge in [0.15, 0.2) is 0 Å². The number of fused-ring (bicyclic) bond motifs is 1. The molecule has 1 aliphatic rings. The van der Waals surface area contributed by atoms with Crippen LogP contribution in [-0.4, -0.2) is 16.6 Å². The number of ether oxygens (including phenoxy) is 1. The highest BCUT2D eigenvalue weighted by Crippen LogP contribution is 2.29. The molecule has 0 spiro atoms. The number of benzene rings is 2. The van der Waals surface area contributed by atoms with Crippen LogP contribution >= 0.6 is 15.9 Å². The Morgan fingerprint density at radius 2 is 1.80 bits per heavy atom. The van der Waals surface area contributed by atoms with Crippen molar-refractivity contribution in [2.45, 2.75) is 39.3 Å². The molecule has 0 atom stereocenters. The molecule has 0 bridgehead atoms. The second kappa shape index (κ2) is 7.04. The highest BCUT2D eigenvalue weighted by molar-refractivity contribution is 9.10. The molecule has 25 heavy (non-hydrogen) atoms. The normalized spacial score (nSPS) is 13.2. The minimum atomic E-state index is -0.527. The molecule has 130 valence electrons. The number of carbonyl (C=O) groups is 1. The molecule has 0 saturated carbocycles. The maximum Gasteiger partial charge on any atom is 0.414 e. The Bertz CT molecular complexity index is 803. The summed E-state index contributed by atoms with van der Waals surface area (Å²) in [5.74, 6) is 0. The van der Waals surface area contributed by atoms with Crippen LogP contribution < -0.4 is 0 Å². The van der Waals surface area contributed by atoms with Crippen molar-refractivity contribution in [3.63, 3.8) is 0 Å². The highest BCUT2D eigenvalue weighted by Gasteiger charge is 2.27. The van der Waals surface area contributed by atoms with Crippen molar-refractivity contribution in [2.24, 2.45) is 0 Å². The van der Waals surface area contributed by atoms with Crippen LogP contribution in [0.2, 0.25) is 0 Å². The molecular weight excluding hydrogens is 378 g/mol. The van der Waals surface area contributed by atoms with Gasteiger partial charge < -0.3 is 4.74 Å². The van der Waals surface area contributed by atoms with Crippen LogP contribution in [0.3, 0.4) is 0 Å². The molecule has 0 fully saturated rings. The number of carbonyl (C=O) groups excluding carboxylic acids is 1. The number of allylic oxidation sites excluding steroid dienone is 1. The lowest BCUT2D eigenvalue weighted by Gasteiger charge is -2.28. The van der Waals surface area contributed by atoms with E-state index >= 15 is 0 Å². The van der Waals surface area contributed by atoms with Crippen LogP contribution in [0.25, 0.3) is 6.08 Å². The fourth-order valence-corrected chi connectivity index (χ4v) is 3.07. The third kappa shape index (κ3) is 4.51. The van der Waals surface area contributed by atoms with E-state index in [1.165, 1.54) is 11.1 Å². The molecule has 4 heteroatoms. The Kier molecular flexibility index (Phi) is 5.00. The zero-order valence-electron chi connectivity index (χ0n) is 14.8. The predicted octanol–water partition coefficient (Wildman–Crippen LogP) is 5.78.